The highest BCUT2D eigenvalue weighted by Crippen LogP contribution is 2.30. The number of ether oxygens (including phenoxy) is 1. The molecule has 5 nitrogen and oxygen atoms in total. The number of primary amides is 1. The molecule has 2 unspecified atom stereocenters. The maximum Gasteiger partial charge on any atom is 0.251 e. The number of amides is 1. The standard InChI is InChI=1S/C14H21N3O2/c1-2-9-5-3-4-6-12(9)19-13-7-10(14(16)18)11(15)8-17-13/h7-9,12H,2-6,15H2,1H3,(H2,16,18). The Morgan fingerprint density at radius 3 is 2.89 bits per heavy atom. The lowest BCUT2D eigenvalue weighted by Crippen LogP contribution is -2.30. The molecule has 1 amide bonds. The first-order chi connectivity index (χ1) is 9.11. The number of hydrogen-bond acceptors (Lipinski definition) is 4. The van der Waals surface area contributed by atoms with Crippen molar-refractivity contribution in [2.75, 3.05) is 5.73 Å². The van der Waals surface area contributed by atoms with E-state index in [0.717, 1.165) is 12.8 Å². The quantitative estimate of drug-likeness (QED) is 0.870. The lowest BCUT2D eigenvalue weighted by Gasteiger charge is -2.30. The minimum absolute atomic E-state index is 0.176. The van der Waals surface area contributed by atoms with Gasteiger partial charge in [-0.05, 0) is 31.6 Å². The molecule has 0 aromatic carbocycles. The van der Waals surface area contributed by atoms with Crippen molar-refractivity contribution >= 4 is 11.6 Å². The molecule has 2 rings (SSSR count). The van der Waals surface area contributed by atoms with Gasteiger partial charge in [-0.3, -0.25) is 4.79 Å². The topological polar surface area (TPSA) is 91.2 Å². The molecular weight excluding hydrogens is 242 g/mol. The maximum atomic E-state index is 11.2. The van der Waals surface area contributed by atoms with E-state index in [4.69, 9.17) is 16.2 Å². The summed E-state index contributed by atoms with van der Waals surface area (Å²) in [5, 5.41) is 0. The molecule has 1 aromatic heterocycles. The molecule has 0 saturated heterocycles. The predicted octanol–water partition coefficient (Wildman–Crippen LogP) is 2.11. The number of nitrogens with two attached hydrogens (primary N) is 2. The van der Waals surface area contributed by atoms with Gasteiger partial charge in [0.15, 0.2) is 0 Å². The van der Waals surface area contributed by atoms with Crippen LogP contribution in [0.25, 0.3) is 0 Å². The summed E-state index contributed by atoms with van der Waals surface area (Å²) >= 11 is 0. The summed E-state index contributed by atoms with van der Waals surface area (Å²) in [6.07, 6.45) is 7.38. The second-order valence-corrected chi connectivity index (χ2v) is 5.08. The molecule has 1 heterocycles. The molecule has 0 spiro atoms. The van der Waals surface area contributed by atoms with E-state index in [9.17, 15) is 4.79 Å². The van der Waals surface area contributed by atoms with Gasteiger partial charge in [0.25, 0.3) is 5.91 Å². The number of aromatic nitrogens is 1. The van der Waals surface area contributed by atoms with Crippen molar-refractivity contribution < 1.29 is 9.53 Å². The first-order valence-electron chi connectivity index (χ1n) is 6.83. The summed E-state index contributed by atoms with van der Waals surface area (Å²) in [6.45, 7) is 2.18. The largest absolute Gasteiger partial charge is 0.474 e. The highest BCUT2D eigenvalue weighted by atomic mass is 16.5. The second-order valence-electron chi connectivity index (χ2n) is 5.08. The van der Waals surface area contributed by atoms with Crippen LogP contribution in [0.2, 0.25) is 0 Å². The number of rotatable bonds is 4. The Morgan fingerprint density at radius 1 is 1.47 bits per heavy atom. The van der Waals surface area contributed by atoms with Crippen LogP contribution in [-0.4, -0.2) is 17.0 Å². The van der Waals surface area contributed by atoms with Gasteiger partial charge in [-0.25, -0.2) is 4.98 Å². The van der Waals surface area contributed by atoms with Crippen molar-refractivity contribution in [3.63, 3.8) is 0 Å². The van der Waals surface area contributed by atoms with Crippen LogP contribution in [0.15, 0.2) is 12.3 Å². The van der Waals surface area contributed by atoms with Gasteiger partial charge in [0, 0.05) is 6.07 Å². The Balaban J connectivity index is 2.14. The monoisotopic (exact) mass is 263 g/mol. The summed E-state index contributed by atoms with van der Waals surface area (Å²) in [6, 6.07) is 1.54. The summed E-state index contributed by atoms with van der Waals surface area (Å²) in [5.74, 6) is 0.443. The number of nitrogens with zero attached hydrogens (tertiary/aromatic N) is 1. The molecule has 0 bridgehead atoms. The molecule has 1 aromatic rings. The molecule has 5 heteroatoms. The molecule has 1 fully saturated rings. The van der Waals surface area contributed by atoms with E-state index >= 15 is 0 Å². The fraction of sp³-hybridized carbons (Fsp3) is 0.571. The van der Waals surface area contributed by atoms with E-state index in [1.807, 2.05) is 0 Å². The van der Waals surface area contributed by atoms with Crippen LogP contribution in [0.1, 0.15) is 49.4 Å². The van der Waals surface area contributed by atoms with Crippen LogP contribution >= 0.6 is 0 Å². The smallest absolute Gasteiger partial charge is 0.251 e. The van der Waals surface area contributed by atoms with Crippen LogP contribution in [-0.2, 0) is 0 Å². The Hall–Kier alpha value is -1.78. The third kappa shape index (κ3) is 3.16. The van der Waals surface area contributed by atoms with Crippen LogP contribution in [0.5, 0.6) is 5.88 Å². The van der Waals surface area contributed by atoms with Gasteiger partial charge < -0.3 is 16.2 Å². The van der Waals surface area contributed by atoms with Crippen molar-refractivity contribution in [2.45, 2.75) is 45.1 Å². The zero-order chi connectivity index (χ0) is 13.8. The van der Waals surface area contributed by atoms with Gasteiger partial charge >= 0.3 is 0 Å². The molecule has 4 N–H and O–H groups in total. The van der Waals surface area contributed by atoms with Crippen molar-refractivity contribution in [1.29, 1.82) is 0 Å². The van der Waals surface area contributed by atoms with Gasteiger partial charge in [0.05, 0.1) is 17.4 Å². The number of nitrogen functional groups attached to an aromatic ring is 1. The van der Waals surface area contributed by atoms with Crippen LogP contribution < -0.4 is 16.2 Å². The number of carbonyl (C=O) groups excluding carboxylic acids is 1. The molecule has 1 aliphatic rings. The van der Waals surface area contributed by atoms with E-state index in [0.29, 0.717) is 11.8 Å². The lowest BCUT2D eigenvalue weighted by atomic mass is 9.85. The molecule has 1 saturated carbocycles. The van der Waals surface area contributed by atoms with E-state index in [-0.39, 0.29) is 17.4 Å². The molecule has 2 atom stereocenters. The number of hydrogen-bond donors (Lipinski definition) is 2. The predicted molar refractivity (Wildman–Crippen MR) is 73.8 cm³/mol. The minimum atomic E-state index is -0.555. The fourth-order valence-electron chi connectivity index (χ4n) is 2.68. The molecule has 19 heavy (non-hydrogen) atoms. The van der Waals surface area contributed by atoms with Crippen LogP contribution in [0, 0.1) is 5.92 Å². The summed E-state index contributed by atoms with van der Waals surface area (Å²) in [5.41, 5.74) is 11.5. The third-order valence-corrected chi connectivity index (χ3v) is 3.81. The van der Waals surface area contributed by atoms with Gasteiger partial charge in [0.1, 0.15) is 6.10 Å². The fourth-order valence-corrected chi connectivity index (χ4v) is 2.68. The number of carbonyl (C=O) groups is 1. The first-order valence-corrected chi connectivity index (χ1v) is 6.83. The molecule has 104 valence electrons. The highest BCUT2D eigenvalue weighted by Gasteiger charge is 2.25. The number of pyridine rings is 1. The van der Waals surface area contributed by atoms with Crippen molar-refractivity contribution in [1.82, 2.24) is 4.98 Å². The van der Waals surface area contributed by atoms with Crippen LogP contribution in [0.3, 0.4) is 0 Å². The van der Waals surface area contributed by atoms with Gasteiger partial charge in [-0.1, -0.05) is 13.3 Å². The SMILES string of the molecule is CCC1CCCCC1Oc1cc(C(N)=O)c(N)cn1. The number of anilines is 1. The minimum Gasteiger partial charge on any atom is -0.474 e. The Morgan fingerprint density at radius 2 is 2.21 bits per heavy atom. The molecule has 1 aliphatic carbocycles. The maximum absolute atomic E-state index is 11.2. The highest BCUT2D eigenvalue weighted by molar-refractivity contribution is 5.97. The average molecular weight is 263 g/mol. The van der Waals surface area contributed by atoms with Gasteiger partial charge in [-0.2, -0.15) is 0 Å². The Kier molecular flexibility index (Phi) is 4.24. The Bertz CT molecular complexity index is 462. The summed E-state index contributed by atoms with van der Waals surface area (Å²) in [7, 11) is 0. The Labute approximate surface area is 113 Å². The van der Waals surface area contributed by atoms with Crippen LogP contribution in [0.4, 0.5) is 5.69 Å². The first kappa shape index (κ1) is 13.6. The normalized spacial score (nSPS) is 23.0. The van der Waals surface area contributed by atoms with E-state index in [1.54, 1.807) is 6.07 Å². The zero-order valence-electron chi connectivity index (χ0n) is 11.3. The summed E-state index contributed by atoms with van der Waals surface area (Å²) in [4.78, 5) is 15.4. The van der Waals surface area contributed by atoms with E-state index < -0.39 is 5.91 Å². The van der Waals surface area contributed by atoms with Crippen molar-refractivity contribution in [3.05, 3.63) is 17.8 Å². The van der Waals surface area contributed by atoms with Crippen molar-refractivity contribution in [3.8, 4) is 5.88 Å². The third-order valence-electron chi connectivity index (χ3n) is 3.81. The van der Waals surface area contributed by atoms with E-state index in [1.165, 1.54) is 25.5 Å². The average Bonchev–Trinajstić information content (AvgIpc) is 2.41. The van der Waals surface area contributed by atoms with E-state index in [2.05, 4.69) is 11.9 Å². The molecular formula is C14H21N3O2. The summed E-state index contributed by atoms with van der Waals surface area (Å²) < 4.78 is 5.93. The van der Waals surface area contributed by atoms with Gasteiger partial charge in [-0.15, -0.1) is 0 Å². The molecule has 0 radical (unpaired) electrons. The van der Waals surface area contributed by atoms with Gasteiger partial charge in [0.2, 0.25) is 5.88 Å². The molecule has 0 aliphatic heterocycles. The lowest BCUT2D eigenvalue weighted by molar-refractivity contribution is 0.0854. The second kappa shape index (κ2) is 5.91. The van der Waals surface area contributed by atoms with Crippen molar-refractivity contribution in [2.24, 2.45) is 11.7 Å². The zero-order valence-corrected chi connectivity index (χ0v) is 11.3.